The quantitative estimate of drug-likeness (QED) is 0.383. The number of ether oxygens (including phenoxy) is 1. The third kappa shape index (κ3) is 3.97. The van der Waals surface area contributed by atoms with Crippen molar-refractivity contribution in [1.82, 2.24) is 9.97 Å². The van der Waals surface area contributed by atoms with Gasteiger partial charge in [0.25, 0.3) is 0 Å². The number of aryl methyl sites for hydroxylation is 1. The standard InChI is InChI=1S/C9H17N5O2/c1-6-12-8(3-9(13-6)14-10)11-4-7(15)5-16-2/h3,7,15H,4-5,10H2,1-2H3,(H2,11,12,13,14). The number of methoxy groups -OCH3 is 1. The van der Waals surface area contributed by atoms with Gasteiger partial charge in [0, 0.05) is 19.7 Å². The van der Waals surface area contributed by atoms with Gasteiger partial charge in [0.05, 0.1) is 12.7 Å². The van der Waals surface area contributed by atoms with Crippen LogP contribution >= 0.6 is 0 Å². The molecule has 0 bridgehead atoms. The average molecular weight is 227 g/mol. The number of aliphatic hydroxyl groups excluding tert-OH is 1. The van der Waals surface area contributed by atoms with Crippen LogP contribution in [-0.4, -0.2) is 41.4 Å². The maximum Gasteiger partial charge on any atom is 0.145 e. The Kier molecular flexibility index (Phi) is 4.90. The van der Waals surface area contributed by atoms with E-state index in [-0.39, 0.29) is 6.61 Å². The molecule has 1 unspecified atom stereocenters. The molecule has 0 amide bonds. The maximum atomic E-state index is 9.44. The van der Waals surface area contributed by atoms with Crippen LogP contribution in [0.4, 0.5) is 11.6 Å². The number of hydrazine groups is 1. The Morgan fingerprint density at radius 1 is 1.50 bits per heavy atom. The van der Waals surface area contributed by atoms with E-state index in [0.717, 1.165) is 0 Å². The predicted molar refractivity (Wildman–Crippen MR) is 61.0 cm³/mol. The fourth-order valence-electron chi connectivity index (χ4n) is 1.21. The Morgan fingerprint density at radius 3 is 2.81 bits per heavy atom. The van der Waals surface area contributed by atoms with Crippen LogP contribution < -0.4 is 16.6 Å². The van der Waals surface area contributed by atoms with Gasteiger partial charge >= 0.3 is 0 Å². The molecule has 90 valence electrons. The molecule has 0 saturated heterocycles. The summed E-state index contributed by atoms with van der Waals surface area (Å²) in [5.41, 5.74) is 2.44. The summed E-state index contributed by atoms with van der Waals surface area (Å²) in [6.07, 6.45) is -0.574. The number of nitrogens with one attached hydrogen (secondary N) is 2. The van der Waals surface area contributed by atoms with Crippen molar-refractivity contribution in [3.05, 3.63) is 11.9 Å². The molecule has 0 spiro atoms. The molecule has 0 saturated carbocycles. The van der Waals surface area contributed by atoms with Crippen molar-refractivity contribution in [3.8, 4) is 0 Å². The molecular formula is C9H17N5O2. The van der Waals surface area contributed by atoms with E-state index >= 15 is 0 Å². The van der Waals surface area contributed by atoms with Crippen LogP contribution in [0.1, 0.15) is 5.82 Å². The van der Waals surface area contributed by atoms with Gasteiger partial charge in [0.1, 0.15) is 17.5 Å². The lowest BCUT2D eigenvalue weighted by atomic mass is 10.3. The molecule has 16 heavy (non-hydrogen) atoms. The monoisotopic (exact) mass is 227 g/mol. The highest BCUT2D eigenvalue weighted by Crippen LogP contribution is 2.09. The van der Waals surface area contributed by atoms with Crippen molar-refractivity contribution in [3.63, 3.8) is 0 Å². The molecule has 7 heteroatoms. The Balaban J connectivity index is 2.56. The van der Waals surface area contributed by atoms with Crippen molar-refractivity contribution in [1.29, 1.82) is 0 Å². The summed E-state index contributed by atoms with van der Waals surface area (Å²) in [6.45, 7) is 2.39. The van der Waals surface area contributed by atoms with Gasteiger partial charge in [0.2, 0.25) is 0 Å². The van der Waals surface area contributed by atoms with E-state index < -0.39 is 6.10 Å². The van der Waals surface area contributed by atoms with Gasteiger partial charge in [-0.15, -0.1) is 0 Å². The van der Waals surface area contributed by atoms with Crippen molar-refractivity contribution in [2.45, 2.75) is 13.0 Å². The van der Waals surface area contributed by atoms with Gasteiger partial charge in [-0.1, -0.05) is 0 Å². The zero-order valence-corrected chi connectivity index (χ0v) is 9.40. The lowest BCUT2D eigenvalue weighted by molar-refractivity contribution is 0.0727. The number of nitrogens with zero attached hydrogens (tertiary/aromatic N) is 2. The molecule has 0 fully saturated rings. The van der Waals surface area contributed by atoms with Crippen molar-refractivity contribution in [2.75, 3.05) is 31.0 Å². The molecule has 0 aromatic carbocycles. The number of nitrogens with two attached hydrogens (primary N) is 1. The molecule has 1 aromatic rings. The van der Waals surface area contributed by atoms with E-state index in [1.807, 2.05) is 0 Å². The number of anilines is 2. The normalized spacial score (nSPS) is 12.2. The topological polar surface area (TPSA) is 105 Å². The summed E-state index contributed by atoms with van der Waals surface area (Å²) in [5.74, 6) is 6.98. The second kappa shape index (κ2) is 6.21. The molecule has 1 atom stereocenters. The molecular weight excluding hydrogens is 210 g/mol. The summed E-state index contributed by atoms with van der Waals surface area (Å²) in [5, 5.41) is 12.4. The number of aliphatic hydroxyl groups is 1. The lowest BCUT2D eigenvalue weighted by Crippen LogP contribution is -2.24. The van der Waals surface area contributed by atoms with Crippen LogP contribution in [0.5, 0.6) is 0 Å². The predicted octanol–water partition coefficient (Wildman–Crippen LogP) is -0.510. The van der Waals surface area contributed by atoms with E-state index in [2.05, 4.69) is 20.7 Å². The molecule has 5 N–H and O–H groups in total. The fraction of sp³-hybridized carbons (Fsp3) is 0.556. The summed E-state index contributed by atoms with van der Waals surface area (Å²) < 4.78 is 4.81. The molecule has 1 heterocycles. The molecule has 7 nitrogen and oxygen atoms in total. The number of hydrogen-bond acceptors (Lipinski definition) is 7. The van der Waals surface area contributed by atoms with Crippen LogP contribution in [0.25, 0.3) is 0 Å². The second-order valence-electron chi connectivity index (χ2n) is 3.32. The minimum Gasteiger partial charge on any atom is -0.389 e. The molecule has 1 aromatic heterocycles. The molecule has 0 aliphatic heterocycles. The van der Waals surface area contributed by atoms with E-state index in [1.54, 1.807) is 13.0 Å². The summed E-state index contributed by atoms with van der Waals surface area (Å²) in [6, 6.07) is 1.66. The SMILES string of the molecule is COCC(O)CNc1cc(NN)nc(C)n1. The first kappa shape index (κ1) is 12.6. The molecule has 0 aliphatic rings. The molecule has 0 aliphatic carbocycles. The minimum atomic E-state index is -0.574. The Morgan fingerprint density at radius 2 is 2.19 bits per heavy atom. The first-order chi connectivity index (χ1) is 7.65. The van der Waals surface area contributed by atoms with E-state index in [0.29, 0.717) is 24.0 Å². The highest BCUT2D eigenvalue weighted by atomic mass is 16.5. The highest BCUT2D eigenvalue weighted by Gasteiger charge is 2.05. The third-order valence-electron chi connectivity index (χ3n) is 1.86. The highest BCUT2D eigenvalue weighted by molar-refractivity contribution is 5.46. The van der Waals surface area contributed by atoms with Crippen molar-refractivity contribution >= 4 is 11.6 Å². The number of hydrogen-bond donors (Lipinski definition) is 4. The third-order valence-corrected chi connectivity index (χ3v) is 1.86. The van der Waals surface area contributed by atoms with Crippen molar-refractivity contribution < 1.29 is 9.84 Å². The van der Waals surface area contributed by atoms with E-state index in [4.69, 9.17) is 10.6 Å². The van der Waals surface area contributed by atoms with Crippen LogP contribution in [0, 0.1) is 6.92 Å². The van der Waals surface area contributed by atoms with Gasteiger partial charge in [0.15, 0.2) is 0 Å². The lowest BCUT2D eigenvalue weighted by Gasteiger charge is -2.12. The Hall–Kier alpha value is -1.44. The second-order valence-corrected chi connectivity index (χ2v) is 3.32. The first-order valence-corrected chi connectivity index (χ1v) is 4.89. The average Bonchev–Trinajstić information content (AvgIpc) is 2.26. The molecule has 0 radical (unpaired) electrons. The first-order valence-electron chi connectivity index (χ1n) is 4.89. The van der Waals surface area contributed by atoms with E-state index in [1.165, 1.54) is 7.11 Å². The number of aromatic nitrogens is 2. The summed E-state index contributed by atoms with van der Waals surface area (Å²) in [4.78, 5) is 8.19. The van der Waals surface area contributed by atoms with Gasteiger partial charge < -0.3 is 20.6 Å². The fourth-order valence-corrected chi connectivity index (χ4v) is 1.21. The zero-order valence-electron chi connectivity index (χ0n) is 9.40. The number of rotatable bonds is 6. The van der Waals surface area contributed by atoms with Gasteiger partial charge in [-0.25, -0.2) is 15.8 Å². The van der Waals surface area contributed by atoms with Crippen LogP contribution in [-0.2, 0) is 4.74 Å². The largest absolute Gasteiger partial charge is 0.389 e. The summed E-state index contributed by atoms with van der Waals surface area (Å²) >= 11 is 0. The summed E-state index contributed by atoms with van der Waals surface area (Å²) in [7, 11) is 1.54. The maximum absolute atomic E-state index is 9.44. The van der Waals surface area contributed by atoms with E-state index in [9.17, 15) is 5.11 Å². The van der Waals surface area contributed by atoms with Crippen LogP contribution in [0.3, 0.4) is 0 Å². The smallest absolute Gasteiger partial charge is 0.145 e. The number of nitrogen functional groups attached to an aromatic ring is 1. The Labute approximate surface area is 94.0 Å². The van der Waals surface area contributed by atoms with Gasteiger partial charge in [-0.2, -0.15) is 0 Å². The minimum absolute atomic E-state index is 0.277. The zero-order chi connectivity index (χ0) is 12.0. The molecule has 1 rings (SSSR count). The van der Waals surface area contributed by atoms with Crippen LogP contribution in [0.15, 0.2) is 6.07 Å². The van der Waals surface area contributed by atoms with Crippen molar-refractivity contribution in [2.24, 2.45) is 5.84 Å². The van der Waals surface area contributed by atoms with Gasteiger partial charge in [-0.05, 0) is 6.92 Å². The van der Waals surface area contributed by atoms with Gasteiger partial charge in [-0.3, -0.25) is 0 Å². The van der Waals surface area contributed by atoms with Crippen LogP contribution in [0.2, 0.25) is 0 Å². The Bertz CT molecular complexity index is 334.